The molecule has 0 atom stereocenters. The monoisotopic (exact) mass is 222 g/mol. The lowest BCUT2D eigenvalue weighted by atomic mass is 10.2. The number of ether oxygens (including phenoxy) is 1. The molecule has 1 amide bonds. The van der Waals surface area contributed by atoms with Crippen LogP contribution in [0.2, 0.25) is 0 Å². The third-order valence-corrected chi connectivity index (χ3v) is 1.65. The van der Waals surface area contributed by atoms with Gasteiger partial charge in [0.05, 0.1) is 4.92 Å². The molecular weight excluding hydrogens is 212 g/mol. The highest BCUT2D eigenvalue weighted by Gasteiger charge is 1.97. The Labute approximate surface area is 91.5 Å². The van der Waals surface area contributed by atoms with Crippen LogP contribution in [-0.2, 0) is 4.79 Å². The van der Waals surface area contributed by atoms with Gasteiger partial charge in [-0.25, -0.2) is 0 Å². The second-order valence-electron chi connectivity index (χ2n) is 2.93. The van der Waals surface area contributed by atoms with Gasteiger partial charge in [0, 0.05) is 6.08 Å². The van der Waals surface area contributed by atoms with E-state index in [4.69, 9.17) is 10.5 Å². The highest BCUT2D eigenvalue weighted by atomic mass is 16.6. The summed E-state index contributed by atoms with van der Waals surface area (Å²) in [5.41, 5.74) is 5.57. The van der Waals surface area contributed by atoms with Crippen LogP contribution in [0, 0.1) is 10.1 Å². The molecule has 6 heteroatoms. The molecule has 1 aromatic rings. The Morgan fingerprint density at radius 1 is 1.44 bits per heavy atom. The summed E-state index contributed by atoms with van der Waals surface area (Å²) >= 11 is 0. The minimum Gasteiger partial charge on any atom is -0.484 e. The van der Waals surface area contributed by atoms with Crippen molar-refractivity contribution in [3.8, 4) is 5.75 Å². The largest absolute Gasteiger partial charge is 0.484 e. The Balaban J connectivity index is 2.60. The highest BCUT2D eigenvalue weighted by molar-refractivity contribution is 5.75. The smallest absolute Gasteiger partial charge is 0.255 e. The summed E-state index contributed by atoms with van der Waals surface area (Å²) in [6, 6.07) is 6.47. The van der Waals surface area contributed by atoms with Gasteiger partial charge in [-0.2, -0.15) is 0 Å². The molecule has 0 fully saturated rings. The van der Waals surface area contributed by atoms with Gasteiger partial charge >= 0.3 is 0 Å². The number of hydrogen-bond acceptors (Lipinski definition) is 4. The molecule has 0 radical (unpaired) electrons. The van der Waals surface area contributed by atoms with Gasteiger partial charge in [-0.3, -0.25) is 14.9 Å². The molecule has 0 bridgehead atoms. The van der Waals surface area contributed by atoms with E-state index in [2.05, 4.69) is 0 Å². The molecule has 1 rings (SSSR count). The van der Waals surface area contributed by atoms with Crippen LogP contribution in [0.1, 0.15) is 5.56 Å². The maximum Gasteiger partial charge on any atom is 0.255 e. The zero-order valence-corrected chi connectivity index (χ0v) is 8.33. The molecule has 0 aliphatic carbocycles. The van der Waals surface area contributed by atoms with Gasteiger partial charge in [-0.15, -0.1) is 0 Å². The number of hydrogen-bond donors (Lipinski definition) is 1. The van der Waals surface area contributed by atoms with Crippen molar-refractivity contribution >= 4 is 12.0 Å². The second kappa shape index (κ2) is 5.50. The van der Waals surface area contributed by atoms with Crippen LogP contribution in [0.4, 0.5) is 0 Å². The summed E-state index contributed by atoms with van der Waals surface area (Å²) in [4.78, 5) is 19.9. The van der Waals surface area contributed by atoms with Crippen LogP contribution in [0.3, 0.4) is 0 Å². The predicted molar refractivity (Wildman–Crippen MR) is 57.2 cm³/mol. The molecule has 6 nitrogen and oxygen atoms in total. The lowest BCUT2D eigenvalue weighted by Crippen LogP contribution is -2.19. The van der Waals surface area contributed by atoms with Crippen molar-refractivity contribution in [1.29, 1.82) is 0 Å². The molecule has 0 aliphatic heterocycles. The first-order valence-electron chi connectivity index (χ1n) is 4.41. The van der Waals surface area contributed by atoms with Crippen molar-refractivity contribution in [3.63, 3.8) is 0 Å². The number of nitro groups is 1. The number of nitrogens with zero attached hydrogens (tertiary/aromatic N) is 1. The molecule has 0 saturated heterocycles. The van der Waals surface area contributed by atoms with Gasteiger partial charge in [-0.1, -0.05) is 12.1 Å². The van der Waals surface area contributed by atoms with Crippen LogP contribution in [-0.4, -0.2) is 17.4 Å². The summed E-state index contributed by atoms with van der Waals surface area (Å²) in [7, 11) is 0. The van der Waals surface area contributed by atoms with E-state index >= 15 is 0 Å². The van der Waals surface area contributed by atoms with Crippen LogP contribution >= 0.6 is 0 Å². The van der Waals surface area contributed by atoms with E-state index in [1.165, 1.54) is 6.08 Å². The summed E-state index contributed by atoms with van der Waals surface area (Å²) < 4.78 is 5.02. The van der Waals surface area contributed by atoms with Gasteiger partial charge in [-0.05, 0) is 17.7 Å². The molecule has 2 N–H and O–H groups in total. The third-order valence-electron chi connectivity index (χ3n) is 1.65. The summed E-state index contributed by atoms with van der Waals surface area (Å²) in [6.07, 6.45) is 2.21. The summed E-state index contributed by atoms with van der Waals surface area (Å²) in [5.74, 6) is -0.0747. The molecule has 0 spiro atoms. The highest BCUT2D eigenvalue weighted by Crippen LogP contribution is 2.12. The lowest BCUT2D eigenvalue weighted by Gasteiger charge is -2.02. The van der Waals surface area contributed by atoms with E-state index in [1.807, 2.05) is 0 Å². The van der Waals surface area contributed by atoms with Gasteiger partial charge in [0.25, 0.3) is 5.91 Å². The number of carbonyl (C=O) groups excluding carboxylic acids is 1. The molecule has 16 heavy (non-hydrogen) atoms. The van der Waals surface area contributed by atoms with E-state index in [9.17, 15) is 14.9 Å². The standard InChI is InChI=1S/C10H10N2O4/c11-10(13)7-16-9-3-1-8(2-4-9)5-6-12(14)15/h1-6H,7H2,(H2,11,13). The Morgan fingerprint density at radius 2 is 2.06 bits per heavy atom. The van der Waals surface area contributed by atoms with Crippen molar-refractivity contribution in [2.45, 2.75) is 0 Å². The fourth-order valence-corrected chi connectivity index (χ4v) is 0.977. The van der Waals surface area contributed by atoms with Crippen LogP contribution in [0.15, 0.2) is 30.5 Å². The van der Waals surface area contributed by atoms with Crippen molar-refractivity contribution in [2.75, 3.05) is 6.61 Å². The Kier molecular flexibility index (Phi) is 4.02. The Hall–Kier alpha value is -2.37. The second-order valence-corrected chi connectivity index (χ2v) is 2.93. The summed E-state index contributed by atoms with van der Waals surface area (Å²) in [6.45, 7) is -0.190. The maximum atomic E-state index is 10.4. The van der Waals surface area contributed by atoms with Crippen molar-refractivity contribution < 1.29 is 14.5 Å². The average molecular weight is 222 g/mol. The van der Waals surface area contributed by atoms with E-state index in [-0.39, 0.29) is 6.61 Å². The fourth-order valence-electron chi connectivity index (χ4n) is 0.977. The van der Waals surface area contributed by atoms with Crippen molar-refractivity contribution in [1.82, 2.24) is 0 Å². The van der Waals surface area contributed by atoms with Crippen molar-refractivity contribution in [3.05, 3.63) is 46.1 Å². The first-order valence-corrected chi connectivity index (χ1v) is 4.41. The minimum absolute atomic E-state index is 0.190. The van der Waals surface area contributed by atoms with Crippen molar-refractivity contribution in [2.24, 2.45) is 5.73 Å². The first-order chi connectivity index (χ1) is 7.58. The third kappa shape index (κ3) is 4.23. The molecule has 0 unspecified atom stereocenters. The van der Waals surface area contributed by atoms with E-state index in [0.717, 1.165) is 6.20 Å². The number of rotatable bonds is 5. The first kappa shape index (κ1) is 11.7. The van der Waals surface area contributed by atoms with Crippen LogP contribution in [0.5, 0.6) is 5.75 Å². The molecule has 1 aromatic carbocycles. The lowest BCUT2D eigenvalue weighted by molar-refractivity contribution is -0.400. The summed E-state index contributed by atoms with van der Waals surface area (Å²) in [5, 5.41) is 10.1. The van der Waals surface area contributed by atoms with E-state index in [1.54, 1.807) is 24.3 Å². The van der Waals surface area contributed by atoms with E-state index in [0.29, 0.717) is 11.3 Å². The number of carbonyl (C=O) groups is 1. The molecule has 84 valence electrons. The molecule has 0 aliphatic rings. The Bertz CT molecular complexity index is 411. The molecule has 0 heterocycles. The number of amides is 1. The maximum absolute atomic E-state index is 10.4. The zero-order chi connectivity index (χ0) is 12.0. The molecule has 0 saturated carbocycles. The predicted octanol–water partition coefficient (Wildman–Crippen LogP) is 0.798. The van der Waals surface area contributed by atoms with Gasteiger partial charge in [0.2, 0.25) is 6.20 Å². The number of primary amides is 1. The van der Waals surface area contributed by atoms with Crippen LogP contribution in [0.25, 0.3) is 6.08 Å². The van der Waals surface area contributed by atoms with Gasteiger partial charge in [0.1, 0.15) is 5.75 Å². The molecular formula is C10H10N2O4. The number of benzene rings is 1. The van der Waals surface area contributed by atoms with Crippen LogP contribution < -0.4 is 10.5 Å². The number of nitrogens with two attached hydrogens (primary N) is 1. The average Bonchev–Trinajstić information content (AvgIpc) is 2.25. The van der Waals surface area contributed by atoms with E-state index < -0.39 is 10.8 Å². The zero-order valence-electron chi connectivity index (χ0n) is 8.33. The normalized spacial score (nSPS) is 10.2. The quantitative estimate of drug-likeness (QED) is 0.588. The van der Waals surface area contributed by atoms with Gasteiger partial charge < -0.3 is 10.5 Å². The Morgan fingerprint density at radius 3 is 2.56 bits per heavy atom. The molecule has 0 aromatic heterocycles. The fraction of sp³-hybridized carbons (Fsp3) is 0.100. The SMILES string of the molecule is NC(=O)COc1ccc(C=C[N+](=O)[O-])cc1. The minimum atomic E-state index is -0.558. The topological polar surface area (TPSA) is 95.5 Å². The van der Waals surface area contributed by atoms with Gasteiger partial charge in [0.15, 0.2) is 6.61 Å².